The van der Waals surface area contributed by atoms with Crippen LogP contribution in [0.15, 0.2) is 28.8 Å². The molecule has 0 saturated heterocycles. The molecule has 5 nitrogen and oxygen atoms in total. The van der Waals surface area contributed by atoms with Gasteiger partial charge in [-0.3, -0.25) is 4.79 Å². The molecule has 2 aromatic rings. The van der Waals surface area contributed by atoms with Gasteiger partial charge in [-0.05, 0) is 38.1 Å². The van der Waals surface area contributed by atoms with Crippen LogP contribution in [-0.4, -0.2) is 17.7 Å². The van der Waals surface area contributed by atoms with E-state index in [1.807, 2.05) is 13.8 Å². The second-order valence-corrected chi connectivity index (χ2v) is 4.76. The number of ether oxygens (including phenoxy) is 1. The molecule has 1 aromatic heterocycles. The largest absolute Gasteiger partial charge is 0.484 e. The van der Waals surface area contributed by atoms with Crippen LogP contribution in [-0.2, 0) is 11.3 Å². The predicted octanol–water partition coefficient (Wildman–Crippen LogP) is 2.64. The highest BCUT2D eigenvalue weighted by atomic mass is 35.5. The van der Waals surface area contributed by atoms with Crippen molar-refractivity contribution >= 4 is 17.5 Å². The fraction of sp³-hybridized carbons (Fsp3) is 0.286. The first-order chi connectivity index (χ1) is 9.56. The molecule has 0 unspecified atom stereocenters. The van der Waals surface area contributed by atoms with E-state index in [2.05, 4.69) is 10.5 Å². The lowest BCUT2D eigenvalue weighted by Gasteiger charge is -2.07. The number of nitrogens with zero attached hydrogens (tertiary/aromatic N) is 1. The summed E-state index contributed by atoms with van der Waals surface area (Å²) < 4.78 is 10.4. The molecule has 106 valence electrons. The van der Waals surface area contributed by atoms with Crippen LogP contribution in [0.2, 0.25) is 5.02 Å². The number of aromatic nitrogens is 1. The molecule has 0 bridgehead atoms. The van der Waals surface area contributed by atoms with Crippen LogP contribution < -0.4 is 10.1 Å². The number of halogens is 1. The summed E-state index contributed by atoms with van der Waals surface area (Å²) in [4.78, 5) is 11.7. The molecule has 2 rings (SSSR count). The van der Waals surface area contributed by atoms with Gasteiger partial charge in [0.15, 0.2) is 6.61 Å². The number of carbonyl (C=O) groups excluding carboxylic acids is 1. The Morgan fingerprint density at radius 1 is 1.35 bits per heavy atom. The average molecular weight is 295 g/mol. The van der Waals surface area contributed by atoms with Gasteiger partial charge < -0.3 is 14.6 Å². The van der Waals surface area contributed by atoms with Gasteiger partial charge in [-0.15, -0.1) is 0 Å². The molecule has 1 heterocycles. The van der Waals surface area contributed by atoms with Crippen LogP contribution in [0.25, 0.3) is 0 Å². The van der Waals surface area contributed by atoms with Crippen LogP contribution in [0.1, 0.15) is 17.0 Å². The monoisotopic (exact) mass is 294 g/mol. The SMILES string of the molecule is Cc1noc(C)c1CNC(=O)COc1ccc(Cl)cc1. The molecule has 0 aliphatic heterocycles. The van der Waals surface area contributed by atoms with Crippen molar-refractivity contribution in [1.82, 2.24) is 10.5 Å². The van der Waals surface area contributed by atoms with E-state index in [1.54, 1.807) is 24.3 Å². The predicted molar refractivity (Wildman–Crippen MR) is 74.8 cm³/mol. The molecule has 0 radical (unpaired) electrons. The zero-order valence-electron chi connectivity index (χ0n) is 11.3. The van der Waals surface area contributed by atoms with Crippen molar-refractivity contribution in [2.45, 2.75) is 20.4 Å². The Kier molecular flexibility index (Phi) is 4.63. The molecule has 0 fully saturated rings. The van der Waals surface area contributed by atoms with Crippen LogP contribution >= 0.6 is 11.6 Å². The zero-order valence-corrected chi connectivity index (χ0v) is 12.0. The summed E-state index contributed by atoms with van der Waals surface area (Å²) in [6.07, 6.45) is 0. The van der Waals surface area contributed by atoms with Gasteiger partial charge in [0.05, 0.1) is 5.69 Å². The number of hydrogen-bond acceptors (Lipinski definition) is 4. The Hall–Kier alpha value is -2.01. The number of hydrogen-bond donors (Lipinski definition) is 1. The molecule has 1 amide bonds. The summed E-state index contributed by atoms with van der Waals surface area (Å²) in [7, 11) is 0. The Balaban J connectivity index is 1.80. The molecule has 0 aliphatic carbocycles. The van der Waals surface area contributed by atoms with E-state index in [9.17, 15) is 4.79 Å². The first-order valence-corrected chi connectivity index (χ1v) is 6.51. The smallest absolute Gasteiger partial charge is 0.258 e. The molecule has 0 aliphatic rings. The molecule has 1 aromatic carbocycles. The van der Waals surface area contributed by atoms with E-state index >= 15 is 0 Å². The maximum absolute atomic E-state index is 11.7. The van der Waals surface area contributed by atoms with Crippen LogP contribution in [0.5, 0.6) is 5.75 Å². The highest BCUT2D eigenvalue weighted by Gasteiger charge is 2.10. The quantitative estimate of drug-likeness (QED) is 0.921. The number of aryl methyl sites for hydroxylation is 2. The van der Waals surface area contributed by atoms with Gasteiger partial charge in [-0.1, -0.05) is 16.8 Å². The van der Waals surface area contributed by atoms with Crippen molar-refractivity contribution in [3.63, 3.8) is 0 Å². The van der Waals surface area contributed by atoms with Crippen LogP contribution in [0, 0.1) is 13.8 Å². The molecular formula is C14H15ClN2O3. The van der Waals surface area contributed by atoms with Gasteiger partial charge >= 0.3 is 0 Å². The third-order valence-corrected chi connectivity index (χ3v) is 3.08. The molecule has 6 heteroatoms. The van der Waals surface area contributed by atoms with Gasteiger partial charge in [-0.25, -0.2) is 0 Å². The fourth-order valence-corrected chi connectivity index (χ4v) is 1.80. The first kappa shape index (κ1) is 14.4. The summed E-state index contributed by atoms with van der Waals surface area (Å²) in [6.45, 7) is 3.98. The second-order valence-electron chi connectivity index (χ2n) is 4.32. The highest BCUT2D eigenvalue weighted by Crippen LogP contribution is 2.15. The van der Waals surface area contributed by atoms with E-state index in [0.717, 1.165) is 11.3 Å². The summed E-state index contributed by atoms with van der Waals surface area (Å²) in [5.41, 5.74) is 1.67. The molecule has 0 atom stereocenters. The van der Waals surface area contributed by atoms with Gasteiger partial charge in [0.1, 0.15) is 11.5 Å². The summed E-state index contributed by atoms with van der Waals surface area (Å²) in [5.74, 6) is 1.10. The fourth-order valence-electron chi connectivity index (χ4n) is 1.67. The molecule has 1 N–H and O–H groups in total. The molecule has 0 saturated carbocycles. The first-order valence-electron chi connectivity index (χ1n) is 6.13. The number of rotatable bonds is 5. The molecular weight excluding hydrogens is 280 g/mol. The third-order valence-electron chi connectivity index (χ3n) is 2.83. The normalized spacial score (nSPS) is 10.3. The summed E-state index contributed by atoms with van der Waals surface area (Å²) >= 11 is 5.76. The van der Waals surface area contributed by atoms with Gasteiger partial charge in [0.25, 0.3) is 5.91 Å². The van der Waals surface area contributed by atoms with Crippen molar-refractivity contribution in [3.8, 4) is 5.75 Å². The Morgan fingerprint density at radius 3 is 2.65 bits per heavy atom. The highest BCUT2D eigenvalue weighted by molar-refractivity contribution is 6.30. The van der Waals surface area contributed by atoms with Crippen molar-refractivity contribution in [2.24, 2.45) is 0 Å². The summed E-state index contributed by atoms with van der Waals surface area (Å²) in [6, 6.07) is 6.84. The van der Waals surface area contributed by atoms with E-state index in [1.165, 1.54) is 0 Å². The van der Waals surface area contributed by atoms with E-state index < -0.39 is 0 Å². The summed E-state index contributed by atoms with van der Waals surface area (Å²) in [5, 5.41) is 7.21. The van der Waals surface area contributed by atoms with Crippen molar-refractivity contribution in [1.29, 1.82) is 0 Å². The Labute approximate surface area is 121 Å². The number of carbonyl (C=O) groups is 1. The van der Waals surface area contributed by atoms with Crippen LogP contribution in [0.3, 0.4) is 0 Å². The van der Waals surface area contributed by atoms with Gasteiger partial charge in [0, 0.05) is 17.1 Å². The zero-order chi connectivity index (χ0) is 14.5. The standard InChI is InChI=1S/C14H15ClN2O3/c1-9-13(10(2)20-17-9)7-16-14(18)8-19-12-5-3-11(15)4-6-12/h3-6H,7-8H2,1-2H3,(H,16,18). The van der Waals surface area contributed by atoms with Gasteiger partial charge in [0.2, 0.25) is 0 Å². The Morgan fingerprint density at radius 2 is 2.05 bits per heavy atom. The topological polar surface area (TPSA) is 64.4 Å². The van der Waals surface area contributed by atoms with Crippen molar-refractivity contribution < 1.29 is 14.1 Å². The third kappa shape index (κ3) is 3.74. The average Bonchev–Trinajstić information content (AvgIpc) is 2.75. The molecule has 20 heavy (non-hydrogen) atoms. The van der Waals surface area contributed by atoms with E-state index in [0.29, 0.717) is 23.1 Å². The van der Waals surface area contributed by atoms with Crippen molar-refractivity contribution in [2.75, 3.05) is 6.61 Å². The van der Waals surface area contributed by atoms with E-state index in [-0.39, 0.29) is 12.5 Å². The second kappa shape index (κ2) is 6.43. The molecule has 0 spiro atoms. The van der Waals surface area contributed by atoms with Gasteiger partial charge in [-0.2, -0.15) is 0 Å². The minimum atomic E-state index is -0.208. The lowest BCUT2D eigenvalue weighted by Crippen LogP contribution is -2.28. The number of nitrogens with one attached hydrogen (secondary N) is 1. The minimum Gasteiger partial charge on any atom is -0.484 e. The lowest BCUT2D eigenvalue weighted by molar-refractivity contribution is -0.123. The van der Waals surface area contributed by atoms with E-state index in [4.69, 9.17) is 20.9 Å². The number of amides is 1. The van der Waals surface area contributed by atoms with Crippen LogP contribution in [0.4, 0.5) is 0 Å². The number of benzene rings is 1. The lowest BCUT2D eigenvalue weighted by atomic mass is 10.2. The maximum atomic E-state index is 11.7. The van der Waals surface area contributed by atoms with Crippen molar-refractivity contribution in [3.05, 3.63) is 46.3 Å². The minimum absolute atomic E-state index is 0.0506. The maximum Gasteiger partial charge on any atom is 0.258 e. The Bertz CT molecular complexity index is 573.